The van der Waals surface area contributed by atoms with Crippen molar-refractivity contribution in [2.24, 2.45) is 0 Å². The molecule has 0 bridgehead atoms. The molecule has 6 heteroatoms. The van der Waals surface area contributed by atoms with Gasteiger partial charge in [0.25, 0.3) is 0 Å². The predicted octanol–water partition coefficient (Wildman–Crippen LogP) is 4.42. The van der Waals surface area contributed by atoms with Gasteiger partial charge in [0.05, 0.1) is 17.3 Å². The van der Waals surface area contributed by atoms with Crippen molar-refractivity contribution in [3.63, 3.8) is 0 Å². The molecular weight excluding hydrogens is 363 g/mol. The van der Waals surface area contributed by atoms with Crippen LogP contribution in [-0.2, 0) is 4.79 Å². The number of nitrogens with one attached hydrogen (secondary N) is 1. The number of nitrogens with zero attached hydrogens (tertiary/aromatic N) is 1. The van der Waals surface area contributed by atoms with Crippen LogP contribution in [0.15, 0.2) is 47.1 Å². The minimum Gasteiger partial charge on any atom is -0.494 e. The third-order valence-electron chi connectivity index (χ3n) is 2.83. The zero-order chi connectivity index (χ0) is 16.7. The average Bonchev–Trinajstić information content (AvgIpc) is 2.54. The van der Waals surface area contributed by atoms with Crippen LogP contribution in [0.4, 0.5) is 10.2 Å². The largest absolute Gasteiger partial charge is 0.494 e. The van der Waals surface area contributed by atoms with E-state index in [2.05, 4.69) is 26.2 Å². The molecule has 2 aromatic rings. The van der Waals surface area contributed by atoms with Crippen molar-refractivity contribution in [1.82, 2.24) is 4.98 Å². The fraction of sp³-hybridized carbons (Fsp3) is 0.176. The summed E-state index contributed by atoms with van der Waals surface area (Å²) >= 11 is 3.14. The van der Waals surface area contributed by atoms with E-state index in [0.717, 1.165) is 23.9 Å². The van der Waals surface area contributed by atoms with Crippen molar-refractivity contribution >= 4 is 33.7 Å². The van der Waals surface area contributed by atoms with E-state index >= 15 is 0 Å². The lowest BCUT2D eigenvalue weighted by molar-refractivity contribution is -0.111. The number of hydrogen-bond acceptors (Lipinski definition) is 3. The van der Waals surface area contributed by atoms with Crippen LogP contribution in [0.2, 0.25) is 0 Å². The number of anilines is 1. The summed E-state index contributed by atoms with van der Waals surface area (Å²) in [6.45, 7) is 2.72. The molecule has 1 heterocycles. The second-order valence-electron chi connectivity index (χ2n) is 4.72. The van der Waals surface area contributed by atoms with E-state index in [-0.39, 0.29) is 11.7 Å². The summed E-state index contributed by atoms with van der Waals surface area (Å²) in [5.74, 6) is 0.240. The Labute approximate surface area is 142 Å². The molecule has 23 heavy (non-hydrogen) atoms. The van der Waals surface area contributed by atoms with E-state index in [9.17, 15) is 9.18 Å². The topological polar surface area (TPSA) is 51.2 Å². The molecule has 0 aliphatic rings. The monoisotopic (exact) mass is 378 g/mol. The van der Waals surface area contributed by atoms with E-state index < -0.39 is 5.82 Å². The Bertz CT molecular complexity index is 702. The summed E-state index contributed by atoms with van der Waals surface area (Å²) in [6.07, 6.45) is 5.06. The first-order valence-corrected chi connectivity index (χ1v) is 7.90. The molecule has 0 fully saturated rings. The van der Waals surface area contributed by atoms with E-state index in [1.165, 1.54) is 12.1 Å². The third kappa shape index (κ3) is 5.49. The molecule has 0 spiro atoms. The minimum atomic E-state index is -0.476. The SMILES string of the molecule is CCCOc1ccc(/C=C/C(=O)Nc2ncc(F)cc2Br)cc1. The van der Waals surface area contributed by atoms with Gasteiger partial charge < -0.3 is 10.1 Å². The zero-order valence-electron chi connectivity index (χ0n) is 12.6. The number of ether oxygens (including phenoxy) is 1. The van der Waals surface area contributed by atoms with Gasteiger partial charge >= 0.3 is 0 Å². The third-order valence-corrected chi connectivity index (χ3v) is 3.43. The van der Waals surface area contributed by atoms with Gasteiger partial charge in [0.15, 0.2) is 0 Å². The quantitative estimate of drug-likeness (QED) is 0.756. The van der Waals surface area contributed by atoms with Crippen LogP contribution in [0, 0.1) is 5.82 Å². The maximum Gasteiger partial charge on any atom is 0.249 e. The molecule has 0 aliphatic heterocycles. The highest BCUT2D eigenvalue weighted by atomic mass is 79.9. The number of hydrogen-bond donors (Lipinski definition) is 1. The van der Waals surface area contributed by atoms with Crippen molar-refractivity contribution in [3.8, 4) is 5.75 Å². The van der Waals surface area contributed by atoms with Crippen molar-refractivity contribution < 1.29 is 13.9 Å². The fourth-order valence-electron chi connectivity index (χ4n) is 1.73. The normalized spacial score (nSPS) is 10.7. The first-order valence-electron chi connectivity index (χ1n) is 7.11. The van der Waals surface area contributed by atoms with Crippen LogP contribution < -0.4 is 10.1 Å². The Morgan fingerprint density at radius 2 is 2.13 bits per heavy atom. The van der Waals surface area contributed by atoms with Crippen molar-refractivity contribution in [2.45, 2.75) is 13.3 Å². The van der Waals surface area contributed by atoms with E-state index in [4.69, 9.17) is 4.74 Å². The summed E-state index contributed by atoms with van der Waals surface area (Å²) in [5.41, 5.74) is 0.870. The lowest BCUT2D eigenvalue weighted by atomic mass is 10.2. The second-order valence-corrected chi connectivity index (χ2v) is 5.58. The molecule has 1 N–H and O–H groups in total. The van der Waals surface area contributed by atoms with Gasteiger partial charge in [-0.2, -0.15) is 0 Å². The molecule has 1 aromatic carbocycles. The zero-order valence-corrected chi connectivity index (χ0v) is 14.1. The summed E-state index contributed by atoms with van der Waals surface area (Å²) in [4.78, 5) is 15.7. The minimum absolute atomic E-state index is 0.268. The van der Waals surface area contributed by atoms with Crippen LogP contribution in [0.5, 0.6) is 5.75 Å². The standard InChI is InChI=1S/C17H16BrFN2O2/c1-2-9-23-14-6-3-12(4-7-14)5-8-16(22)21-17-15(18)10-13(19)11-20-17/h3-8,10-11H,2,9H2,1H3,(H,20,21,22)/b8-5+. The van der Waals surface area contributed by atoms with Crippen LogP contribution in [0.25, 0.3) is 6.08 Å². The van der Waals surface area contributed by atoms with Gasteiger partial charge in [0.1, 0.15) is 17.4 Å². The van der Waals surface area contributed by atoms with E-state index in [1.807, 2.05) is 31.2 Å². The van der Waals surface area contributed by atoms with Gasteiger partial charge in [0, 0.05) is 6.08 Å². The maximum absolute atomic E-state index is 12.9. The Morgan fingerprint density at radius 3 is 2.78 bits per heavy atom. The number of rotatable bonds is 6. The molecule has 2 rings (SSSR count). The van der Waals surface area contributed by atoms with E-state index in [1.54, 1.807) is 6.08 Å². The summed E-state index contributed by atoms with van der Waals surface area (Å²) in [7, 11) is 0. The molecule has 1 amide bonds. The van der Waals surface area contributed by atoms with Crippen LogP contribution in [-0.4, -0.2) is 17.5 Å². The number of amides is 1. The van der Waals surface area contributed by atoms with Gasteiger partial charge in [-0.15, -0.1) is 0 Å². The number of benzene rings is 1. The molecule has 4 nitrogen and oxygen atoms in total. The maximum atomic E-state index is 12.9. The van der Waals surface area contributed by atoms with E-state index in [0.29, 0.717) is 11.1 Å². The Balaban J connectivity index is 1.95. The van der Waals surface area contributed by atoms with Gasteiger partial charge in [-0.25, -0.2) is 9.37 Å². The first-order chi connectivity index (χ1) is 11.1. The molecule has 0 atom stereocenters. The second kappa shape index (κ2) is 8.43. The molecule has 0 radical (unpaired) electrons. The molecule has 120 valence electrons. The van der Waals surface area contributed by atoms with Gasteiger partial charge in [-0.3, -0.25) is 4.79 Å². The highest BCUT2D eigenvalue weighted by Gasteiger charge is 2.05. The predicted molar refractivity (Wildman–Crippen MR) is 91.8 cm³/mol. The van der Waals surface area contributed by atoms with Crippen LogP contribution >= 0.6 is 15.9 Å². The number of carbonyl (C=O) groups excluding carboxylic acids is 1. The van der Waals surface area contributed by atoms with Crippen LogP contribution in [0.3, 0.4) is 0 Å². The summed E-state index contributed by atoms with van der Waals surface area (Å²) in [6, 6.07) is 8.67. The van der Waals surface area contributed by atoms with Crippen molar-refractivity contribution in [2.75, 3.05) is 11.9 Å². The average molecular weight is 379 g/mol. The number of carbonyl (C=O) groups is 1. The van der Waals surface area contributed by atoms with Crippen LogP contribution in [0.1, 0.15) is 18.9 Å². The smallest absolute Gasteiger partial charge is 0.249 e. The number of aromatic nitrogens is 1. The molecule has 1 aromatic heterocycles. The molecule has 0 saturated carbocycles. The number of pyridine rings is 1. The van der Waals surface area contributed by atoms with Gasteiger partial charge in [-0.1, -0.05) is 19.1 Å². The Kier molecular flexibility index (Phi) is 6.29. The number of halogens is 2. The molecular formula is C17H16BrFN2O2. The summed E-state index contributed by atoms with van der Waals surface area (Å²) in [5, 5.41) is 2.57. The van der Waals surface area contributed by atoms with Crippen molar-refractivity contribution in [3.05, 3.63) is 58.5 Å². The highest BCUT2D eigenvalue weighted by Crippen LogP contribution is 2.20. The molecule has 0 aliphatic carbocycles. The lowest BCUT2D eigenvalue weighted by Crippen LogP contribution is -2.09. The van der Waals surface area contributed by atoms with Gasteiger partial charge in [-0.05, 0) is 52.2 Å². The lowest BCUT2D eigenvalue weighted by Gasteiger charge is -2.04. The highest BCUT2D eigenvalue weighted by molar-refractivity contribution is 9.10. The van der Waals surface area contributed by atoms with Gasteiger partial charge in [0.2, 0.25) is 5.91 Å². The molecule has 0 saturated heterocycles. The Hall–Kier alpha value is -2.21. The summed E-state index contributed by atoms with van der Waals surface area (Å²) < 4.78 is 18.8. The fourth-order valence-corrected chi connectivity index (χ4v) is 2.15. The Morgan fingerprint density at radius 1 is 1.39 bits per heavy atom. The molecule has 0 unspecified atom stereocenters. The first kappa shape index (κ1) is 17.1. The van der Waals surface area contributed by atoms with Crippen molar-refractivity contribution in [1.29, 1.82) is 0 Å².